The first-order valence-corrected chi connectivity index (χ1v) is 6.98. The average Bonchev–Trinajstić information content (AvgIpc) is 2.39. The number of ketones is 1. The number of nitrogens with one attached hydrogen (secondary N) is 1. The molecule has 0 bridgehead atoms. The maximum absolute atomic E-state index is 11.4. The zero-order valence-electron chi connectivity index (χ0n) is 12.4. The van der Waals surface area contributed by atoms with Gasteiger partial charge in [0, 0.05) is 24.1 Å². The first kappa shape index (κ1) is 15.7. The minimum atomic E-state index is -0.00752. The number of hydrogen-bond acceptors (Lipinski definition) is 3. The lowest BCUT2D eigenvalue weighted by molar-refractivity contribution is -0.124. The van der Waals surface area contributed by atoms with Crippen molar-refractivity contribution in [3.05, 3.63) is 29.8 Å². The van der Waals surface area contributed by atoms with Crippen LogP contribution in [0.15, 0.2) is 24.3 Å². The smallest absolute Gasteiger partial charge is 0.137 e. The van der Waals surface area contributed by atoms with Crippen LogP contribution in [0.2, 0.25) is 0 Å². The molecule has 1 unspecified atom stereocenters. The molecule has 0 radical (unpaired) electrons. The lowest BCUT2D eigenvalue weighted by Crippen LogP contribution is -2.16. The van der Waals surface area contributed by atoms with Crippen LogP contribution in [0.1, 0.15) is 39.7 Å². The molecule has 3 heteroatoms. The van der Waals surface area contributed by atoms with Crippen LogP contribution in [0.25, 0.3) is 0 Å². The molecule has 0 amide bonds. The van der Waals surface area contributed by atoms with E-state index in [-0.39, 0.29) is 11.7 Å². The Bertz CT molecular complexity index is 384. The molecule has 0 saturated heterocycles. The first-order valence-electron chi connectivity index (χ1n) is 6.98. The lowest BCUT2D eigenvalue weighted by atomic mass is 10.1. The zero-order chi connectivity index (χ0) is 14.3. The van der Waals surface area contributed by atoms with E-state index in [9.17, 15) is 4.79 Å². The summed E-state index contributed by atoms with van der Waals surface area (Å²) in [4.78, 5) is 11.4. The van der Waals surface area contributed by atoms with E-state index in [0.29, 0.717) is 25.7 Å². The second kappa shape index (κ2) is 7.95. The summed E-state index contributed by atoms with van der Waals surface area (Å²) in [5.41, 5.74) is 2.25. The van der Waals surface area contributed by atoms with Crippen molar-refractivity contribution in [3.8, 4) is 0 Å². The Morgan fingerprint density at radius 3 is 2.37 bits per heavy atom. The minimum absolute atomic E-state index is 0.00752. The molecule has 106 valence electrons. The average molecular weight is 263 g/mol. The Morgan fingerprint density at radius 1 is 1.21 bits per heavy atom. The van der Waals surface area contributed by atoms with Gasteiger partial charge in [-0.25, -0.2) is 0 Å². The maximum Gasteiger partial charge on any atom is 0.137 e. The molecule has 1 atom stereocenters. The topological polar surface area (TPSA) is 38.3 Å². The van der Waals surface area contributed by atoms with Gasteiger partial charge in [-0.05, 0) is 31.5 Å². The standard InChI is InChI=1S/C16H25NO2/c1-5-16(18)13(4)10-19-11-14-6-8-15(9-7-14)17-12(2)3/h6-9,12-13,17H,5,10-11H2,1-4H3. The van der Waals surface area contributed by atoms with Crippen LogP contribution in [-0.2, 0) is 16.1 Å². The Morgan fingerprint density at radius 2 is 1.84 bits per heavy atom. The van der Waals surface area contributed by atoms with E-state index in [4.69, 9.17) is 4.74 Å². The van der Waals surface area contributed by atoms with Crippen molar-refractivity contribution in [2.75, 3.05) is 11.9 Å². The van der Waals surface area contributed by atoms with Crippen LogP contribution in [-0.4, -0.2) is 18.4 Å². The summed E-state index contributed by atoms with van der Waals surface area (Å²) in [7, 11) is 0. The Kier molecular flexibility index (Phi) is 6.57. The van der Waals surface area contributed by atoms with Gasteiger partial charge < -0.3 is 10.1 Å². The number of rotatable bonds is 8. The number of Topliss-reactive ketones (excluding diaryl/α,β-unsaturated/α-hetero) is 1. The van der Waals surface area contributed by atoms with Crippen LogP contribution in [0.4, 0.5) is 5.69 Å². The molecule has 0 spiro atoms. The number of ether oxygens (including phenoxy) is 1. The first-order chi connectivity index (χ1) is 9.02. The minimum Gasteiger partial charge on any atom is -0.383 e. The summed E-state index contributed by atoms with van der Waals surface area (Å²) in [6.45, 7) is 9.09. The molecule has 3 nitrogen and oxygen atoms in total. The fraction of sp³-hybridized carbons (Fsp3) is 0.562. The van der Waals surface area contributed by atoms with Crippen molar-refractivity contribution in [1.82, 2.24) is 0 Å². The van der Waals surface area contributed by atoms with E-state index in [0.717, 1.165) is 11.3 Å². The van der Waals surface area contributed by atoms with Crippen LogP contribution in [0.3, 0.4) is 0 Å². The molecule has 1 aromatic rings. The van der Waals surface area contributed by atoms with E-state index in [1.165, 1.54) is 0 Å². The van der Waals surface area contributed by atoms with E-state index in [1.807, 2.05) is 13.8 Å². The highest BCUT2D eigenvalue weighted by molar-refractivity contribution is 5.80. The van der Waals surface area contributed by atoms with Crippen LogP contribution in [0.5, 0.6) is 0 Å². The fourth-order valence-electron chi connectivity index (χ4n) is 1.83. The predicted molar refractivity (Wildman–Crippen MR) is 79.3 cm³/mol. The molecule has 1 rings (SSSR count). The molecule has 1 aromatic carbocycles. The van der Waals surface area contributed by atoms with Gasteiger partial charge in [0.05, 0.1) is 13.2 Å². The summed E-state index contributed by atoms with van der Waals surface area (Å²) in [5.74, 6) is 0.253. The summed E-state index contributed by atoms with van der Waals surface area (Å²) >= 11 is 0. The number of carbonyl (C=O) groups is 1. The summed E-state index contributed by atoms with van der Waals surface area (Å²) < 4.78 is 5.58. The number of hydrogen-bond donors (Lipinski definition) is 1. The van der Waals surface area contributed by atoms with Crippen molar-refractivity contribution in [2.45, 2.75) is 46.8 Å². The van der Waals surface area contributed by atoms with E-state index < -0.39 is 0 Å². The molecule has 0 aromatic heterocycles. The van der Waals surface area contributed by atoms with Crippen molar-refractivity contribution in [3.63, 3.8) is 0 Å². The van der Waals surface area contributed by atoms with Crippen molar-refractivity contribution < 1.29 is 9.53 Å². The molecule has 0 heterocycles. The largest absolute Gasteiger partial charge is 0.383 e. The molecule has 0 aliphatic rings. The van der Waals surface area contributed by atoms with E-state index >= 15 is 0 Å². The monoisotopic (exact) mass is 263 g/mol. The van der Waals surface area contributed by atoms with Crippen LogP contribution >= 0.6 is 0 Å². The zero-order valence-corrected chi connectivity index (χ0v) is 12.4. The van der Waals surface area contributed by atoms with E-state index in [1.54, 1.807) is 0 Å². The highest BCUT2D eigenvalue weighted by atomic mass is 16.5. The molecular weight excluding hydrogens is 238 g/mol. The molecule has 0 fully saturated rings. The van der Waals surface area contributed by atoms with Crippen LogP contribution in [0, 0.1) is 5.92 Å². The number of carbonyl (C=O) groups excluding carboxylic acids is 1. The van der Waals surface area contributed by atoms with Crippen molar-refractivity contribution >= 4 is 11.5 Å². The third-order valence-electron chi connectivity index (χ3n) is 2.94. The quantitative estimate of drug-likeness (QED) is 0.778. The van der Waals surface area contributed by atoms with Gasteiger partial charge in [0.2, 0.25) is 0 Å². The number of benzene rings is 1. The van der Waals surface area contributed by atoms with Crippen LogP contribution < -0.4 is 5.32 Å². The predicted octanol–water partition coefficient (Wildman–Crippen LogP) is 3.64. The Labute approximate surface area is 116 Å². The fourth-order valence-corrected chi connectivity index (χ4v) is 1.83. The molecule has 0 saturated carbocycles. The second-order valence-corrected chi connectivity index (χ2v) is 5.23. The normalized spacial score (nSPS) is 12.5. The Hall–Kier alpha value is -1.35. The van der Waals surface area contributed by atoms with Gasteiger partial charge in [-0.1, -0.05) is 26.0 Å². The van der Waals surface area contributed by atoms with Gasteiger partial charge in [-0.15, -0.1) is 0 Å². The number of anilines is 1. The van der Waals surface area contributed by atoms with Gasteiger partial charge >= 0.3 is 0 Å². The maximum atomic E-state index is 11.4. The van der Waals surface area contributed by atoms with Gasteiger partial charge in [0.15, 0.2) is 0 Å². The van der Waals surface area contributed by atoms with Gasteiger partial charge in [0.1, 0.15) is 5.78 Å². The van der Waals surface area contributed by atoms with Crippen molar-refractivity contribution in [2.24, 2.45) is 5.92 Å². The molecule has 1 N–H and O–H groups in total. The Balaban J connectivity index is 2.36. The molecule has 0 aliphatic carbocycles. The second-order valence-electron chi connectivity index (χ2n) is 5.23. The molecule has 19 heavy (non-hydrogen) atoms. The summed E-state index contributed by atoms with van der Waals surface area (Å²) in [6.07, 6.45) is 0.583. The molecular formula is C16H25NO2. The molecule has 0 aliphatic heterocycles. The highest BCUT2D eigenvalue weighted by Gasteiger charge is 2.10. The third-order valence-corrected chi connectivity index (χ3v) is 2.94. The van der Waals surface area contributed by atoms with E-state index in [2.05, 4.69) is 43.4 Å². The third kappa shape index (κ3) is 5.88. The summed E-state index contributed by atoms with van der Waals surface area (Å²) in [6, 6.07) is 8.65. The SMILES string of the molecule is CCC(=O)C(C)COCc1ccc(NC(C)C)cc1. The lowest BCUT2D eigenvalue weighted by Gasteiger charge is -2.12. The van der Waals surface area contributed by atoms with Gasteiger partial charge in [-0.3, -0.25) is 4.79 Å². The van der Waals surface area contributed by atoms with Gasteiger partial charge in [0.25, 0.3) is 0 Å². The van der Waals surface area contributed by atoms with Crippen molar-refractivity contribution in [1.29, 1.82) is 0 Å². The summed E-state index contributed by atoms with van der Waals surface area (Å²) in [5, 5.41) is 3.34. The van der Waals surface area contributed by atoms with Gasteiger partial charge in [-0.2, -0.15) is 0 Å². The highest BCUT2D eigenvalue weighted by Crippen LogP contribution is 2.12.